The van der Waals surface area contributed by atoms with Crippen molar-refractivity contribution in [2.75, 3.05) is 6.54 Å². The number of aromatic nitrogens is 7. The number of imidazole rings is 1. The van der Waals surface area contributed by atoms with E-state index in [-0.39, 0.29) is 0 Å². The Morgan fingerprint density at radius 2 is 2.27 bits per heavy atom. The number of nitrogens with one attached hydrogen (secondary N) is 1. The van der Waals surface area contributed by atoms with Crippen molar-refractivity contribution in [3.63, 3.8) is 0 Å². The quantitative estimate of drug-likeness (QED) is 0.586. The van der Waals surface area contributed by atoms with E-state index in [4.69, 9.17) is 16.1 Å². The predicted octanol–water partition coefficient (Wildman–Crippen LogP) is 2.05. The normalized spacial score (nSPS) is 17.3. The molecule has 0 bridgehead atoms. The largest absolute Gasteiger partial charge is 0.332 e. The van der Waals surface area contributed by atoms with Crippen LogP contribution in [-0.2, 0) is 6.54 Å². The molecule has 0 amide bonds. The number of hydrogen-bond donors (Lipinski definition) is 1. The van der Waals surface area contributed by atoms with Gasteiger partial charge in [-0.25, -0.2) is 4.98 Å². The molecule has 26 heavy (non-hydrogen) atoms. The van der Waals surface area contributed by atoms with Crippen molar-refractivity contribution in [3.8, 4) is 23.1 Å². The lowest BCUT2D eigenvalue weighted by molar-refractivity contribution is 0.430. The molecule has 0 aliphatic carbocycles. The van der Waals surface area contributed by atoms with Crippen LogP contribution in [0.2, 0.25) is 5.15 Å². The van der Waals surface area contributed by atoms with Gasteiger partial charge >= 0.3 is 0 Å². The summed E-state index contributed by atoms with van der Waals surface area (Å²) in [5.41, 5.74) is 1.83. The highest BCUT2D eigenvalue weighted by Crippen LogP contribution is 2.28. The number of rotatable bonds is 4. The predicted molar refractivity (Wildman–Crippen MR) is 93.5 cm³/mol. The Labute approximate surface area is 153 Å². The lowest BCUT2D eigenvalue weighted by Crippen LogP contribution is -2.26. The zero-order valence-electron chi connectivity index (χ0n) is 13.7. The SMILES string of the molecule is Clc1nc2ccccn2c1-c1noc(-c2cn(C[C@@H]3CCCN3)nn2)n1. The van der Waals surface area contributed by atoms with Gasteiger partial charge in [0, 0.05) is 12.2 Å². The van der Waals surface area contributed by atoms with Gasteiger partial charge in [0.2, 0.25) is 5.82 Å². The Bertz CT molecular complexity index is 1060. The van der Waals surface area contributed by atoms with Gasteiger partial charge in [-0.05, 0) is 31.5 Å². The molecule has 1 aliphatic heterocycles. The van der Waals surface area contributed by atoms with Gasteiger partial charge in [0.15, 0.2) is 10.8 Å². The van der Waals surface area contributed by atoms with Gasteiger partial charge in [0.05, 0.1) is 12.7 Å². The van der Waals surface area contributed by atoms with Gasteiger partial charge < -0.3 is 9.84 Å². The van der Waals surface area contributed by atoms with Crippen LogP contribution in [0.4, 0.5) is 0 Å². The van der Waals surface area contributed by atoms with E-state index in [2.05, 4.69) is 30.8 Å². The van der Waals surface area contributed by atoms with Gasteiger partial charge in [-0.3, -0.25) is 9.08 Å². The topological polar surface area (TPSA) is 99.0 Å². The van der Waals surface area contributed by atoms with Crippen molar-refractivity contribution in [2.45, 2.75) is 25.4 Å². The summed E-state index contributed by atoms with van der Waals surface area (Å²) in [6.45, 7) is 1.83. The highest BCUT2D eigenvalue weighted by Gasteiger charge is 2.21. The van der Waals surface area contributed by atoms with Gasteiger partial charge in [0.1, 0.15) is 11.3 Å². The van der Waals surface area contributed by atoms with Gasteiger partial charge in [0.25, 0.3) is 5.89 Å². The first-order valence-corrected chi connectivity index (χ1v) is 8.76. The Morgan fingerprint density at radius 1 is 1.31 bits per heavy atom. The van der Waals surface area contributed by atoms with Crippen molar-refractivity contribution in [1.29, 1.82) is 0 Å². The zero-order chi connectivity index (χ0) is 17.5. The van der Waals surface area contributed by atoms with Crippen LogP contribution >= 0.6 is 11.6 Å². The maximum atomic E-state index is 6.26. The lowest BCUT2D eigenvalue weighted by atomic mass is 10.2. The lowest BCUT2D eigenvalue weighted by Gasteiger charge is -2.08. The molecule has 10 heteroatoms. The Balaban J connectivity index is 1.45. The van der Waals surface area contributed by atoms with E-state index in [0.29, 0.717) is 39.9 Å². The maximum absolute atomic E-state index is 6.26. The number of nitrogens with zero attached hydrogens (tertiary/aromatic N) is 7. The van der Waals surface area contributed by atoms with Gasteiger partial charge in [-0.15, -0.1) is 5.10 Å². The summed E-state index contributed by atoms with van der Waals surface area (Å²) in [6.07, 6.45) is 6.00. The summed E-state index contributed by atoms with van der Waals surface area (Å²) >= 11 is 6.26. The molecule has 4 aromatic heterocycles. The average molecular weight is 371 g/mol. The minimum Gasteiger partial charge on any atom is -0.332 e. The van der Waals surface area contributed by atoms with E-state index < -0.39 is 0 Å². The standard InChI is InChI=1S/C16H15ClN8O/c17-14-13(25-7-2-1-5-12(25)19-14)15-20-16(26-22-15)11-9-24(23-21-11)8-10-4-3-6-18-10/h1-2,5,7,9-10,18H,3-4,6,8H2/t10-/m0/s1. The summed E-state index contributed by atoms with van der Waals surface area (Å²) < 4.78 is 8.98. The summed E-state index contributed by atoms with van der Waals surface area (Å²) in [6, 6.07) is 6.07. The highest BCUT2D eigenvalue weighted by molar-refractivity contribution is 6.32. The van der Waals surface area contributed by atoms with E-state index in [1.54, 1.807) is 4.68 Å². The summed E-state index contributed by atoms with van der Waals surface area (Å²) in [7, 11) is 0. The highest BCUT2D eigenvalue weighted by atomic mass is 35.5. The minimum absolute atomic E-state index is 0.299. The van der Waals surface area contributed by atoms with Gasteiger partial charge in [-0.1, -0.05) is 28.0 Å². The van der Waals surface area contributed by atoms with Crippen LogP contribution in [0.5, 0.6) is 0 Å². The molecule has 132 valence electrons. The van der Waals surface area contributed by atoms with E-state index >= 15 is 0 Å². The molecule has 0 aromatic carbocycles. The molecule has 4 aromatic rings. The third-order valence-corrected chi connectivity index (χ3v) is 4.72. The molecule has 1 atom stereocenters. The molecule has 1 aliphatic rings. The van der Waals surface area contributed by atoms with E-state index in [1.807, 2.05) is 35.0 Å². The van der Waals surface area contributed by atoms with E-state index in [9.17, 15) is 0 Å². The first kappa shape index (κ1) is 15.5. The summed E-state index contributed by atoms with van der Waals surface area (Å²) in [4.78, 5) is 8.73. The maximum Gasteiger partial charge on any atom is 0.280 e. The van der Waals surface area contributed by atoms with Crippen LogP contribution in [0.1, 0.15) is 12.8 Å². The monoisotopic (exact) mass is 370 g/mol. The molecule has 0 unspecified atom stereocenters. The zero-order valence-corrected chi connectivity index (χ0v) is 14.5. The molecule has 0 saturated carbocycles. The first-order valence-electron chi connectivity index (χ1n) is 8.38. The molecular weight excluding hydrogens is 356 g/mol. The first-order chi connectivity index (χ1) is 12.8. The number of fused-ring (bicyclic) bond motifs is 1. The van der Waals surface area contributed by atoms with Crippen LogP contribution < -0.4 is 5.32 Å². The second-order valence-corrected chi connectivity index (χ2v) is 6.58. The molecule has 5 rings (SSSR count). The molecule has 1 N–H and O–H groups in total. The van der Waals surface area contributed by atoms with Crippen LogP contribution in [0, 0.1) is 0 Å². The fourth-order valence-electron chi connectivity index (χ4n) is 3.21. The molecule has 1 saturated heterocycles. The fraction of sp³-hybridized carbons (Fsp3) is 0.312. The van der Waals surface area contributed by atoms with Crippen LogP contribution in [0.25, 0.3) is 28.8 Å². The van der Waals surface area contributed by atoms with E-state index in [1.165, 1.54) is 6.42 Å². The van der Waals surface area contributed by atoms with Crippen molar-refractivity contribution in [3.05, 3.63) is 35.7 Å². The van der Waals surface area contributed by atoms with E-state index in [0.717, 1.165) is 19.5 Å². The smallest absolute Gasteiger partial charge is 0.280 e. The number of pyridine rings is 1. The summed E-state index contributed by atoms with van der Waals surface area (Å²) in [5, 5.41) is 16.1. The number of halogens is 1. The third kappa shape index (κ3) is 2.65. The van der Waals surface area contributed by atoms with Crippen LogP contribution in [-0.4, -0.2) is 47.1 Å². The molecule has 5 heterocycles. The Hall–Kier alpha value is -2.78. The molecule has 0 radical (unpaired) electrons. The van der Waals surface area contributed by atoms with Crippen molar-refractivity contribution in [2.24, 2.45) is 0 Å². The van der Waals surface area contributed by atoms with Crippen molar-refractivity contribution in [1.82, 2.24) is 39.8 Å². The molecule has 9 nitrogen and oxygen atoms in total. The number of hydrogen-bond acceptors (Lipinski definition) is 7. The third-order valence-electron chi connectivity index (χ3n) is 4.45. The minimum atomic E-state index is 0.299. The van der Waals surface area contributed by atoms with Crippen molar-refractivity contribution >= 4 is 17.2 Å². The van der Waals surface area contributed by atoms with Crippen molar-refractivity contribution < 1.29 is 4.52 Å². The van der Waals surface area contributed by atoms with Gasteiger partial charge in [-0.2, -0.15) is 4.98 Å². The molecule has 1 fully saturated rings. The van der Waals surface area contributed by atoms with Crippen LogP contribution in [0.3, 0.4) is 0 Å². The molecule has 0 spiro atoms. The van der Waals surface area contributed by atoms with Crippen LogP contribution in [0.15, 0.2) is 35.1 Å². The second-order valence-electron chi connectivity index (χ2n) is 6.22. The Morgan fingerprint density at radius 3 is 3.15 bits per heavy atom. The second kappa shape index (κ2) is 6.19. The summed E-state index contributed by atoms with van der Waals surface area (Å²) in [5.74, 6) is 0.656. The Kier molecular flexibility index (Phi) is 3.68. The fourth-order valence-corrected chi connectivity index (χ4v) is 3.48. The average Bonchev–Trinajstić information content (AvgIpc) is 3.41. The molecular formula is C16H15ClN8O.